The normalized spacial score (nSPS) is 23.2. The number of halogens is 1. The fourth-order valence-electron chi connectivity index (χ4n) is 3.59. The number of carbonyl (C=O) groups excluding carboxylic acids is 1. The van der Waals surface area contributed by atoms with Crippen molar-refractivity contribution in [2.75, 3.05) is 11.4 Å². The van der Waals surface area contributed by atoms with Crippen molar-refractivity contribution in [1.29, 1.82) is 0 Å². The zero-order chi connectivity index (χ0) is 16.7. The number of carbonyl (C=O) groups is 1. The molecule has 1 aliphatic carbocycles. The van der Waals surface area contributed by atoms with Crippen molar-refractivity contribution in [3.63, 3.8) is 0 Å². The average molecular weight is 330 g/mol. The van der Waals surface area contributed by atoms with Crippen LogP contribution in [0.15, 0.2) is 28.8 Å². The van der Waals surface area contributed by atoms with Crippen LogP contribution in [-0.4, -0.2) is 22.6 Å². The zero-order valence-electron chi connectivity index (χ0n) is 13.2. The van der Waals surface area contributed by atoms with Gasteiger partial charge in [-0.25, -0.2) is 4.39 Å². The van der Waals surface area contributed by atoms with Gasteiger partial charge in [0, 0.05) is 12.2 Å². The summed E-state index contributed by atoms with van der Waals surface area (Å²) in [5.41, 5.74) is 6.49. The average Bonchev–Trinajstić information content (AvgIpc) is 3.28. The van der Waals surface area contributed by atoms with Crippen LogP contribution in [0.25, 0.3) is 0 Å². The highest BCUT2D eigenvalue weighted by atomic mass is 19.1. The SMILES string of the molecule is NC1(c2noc(C3CCN(c4ccc(F)cc4)C3=O)n2)CCCC1. The van der Waals surface area contributed by atoms with Gasteiger partial charge in [-0.15, -0.1) is 0 Å². The molecular formula is C17H19FN4O2. The van der Waals surface area contributed by atoms with E-state index in [4.69, 9.17) is 10.3 Å². The van der Waals surface area contributed by atoms with Crippen LogP contribution in [0, 0.1) is 5.82 Å². The second-order valence-electron chi connectivity index (χ2n) is 6.63. The highest BCUT2D eigenvalue weighted by Gasteiger charge is 2.40. The Labute approximate surface area is 138 Å². The smallest absolute Gasteiger partial charge is 0.239 e. The number of rotatable bonds is 3. The van der Waals surface area contributed by atoms with Crippen molar-refractivity contribution in [2.45, 2.75) is 43.6 Å². The maximum atomic E-state index is 13.1. The minimum atomic E-state index is -0.528. The van der Waals surface area contributed by atoms with E-state index in [1.54, 1.807) is 17.0 Å². The summed E-state index contributed by atoms with van der Waals surface area (Å²) in [5, 5.41) is 4.03. The van der Waals surface area contributed by atoms with Gasteiger partial charge in [-0.3, -0.25) is 4.79 Å². The number of benzene rings is 1. The number of amides is 1. The van der Waals surface area contributed by atoms with E-state index in [9.17, 15) is 9.18 Å². The van der Waals surface area contributed by atoms with Gasteiger partial charge in [-0.1, -0.05) is 18.0 Å². The first-order chi connectivity index (χ1) is 11.6. The monoisotopic (exact) mass is 330 g/mol. The van der Waals surface area contributed by atoms with Crippen LogP contribution in [0.1, 0.15) is 49.7 Å². The molecule has 4 rings (SSSR count). The molecule has 0 bridgehead atoms. The van der Waals surface area contributed by atoms with E-state index in [-0.39, 0.29) is 11.7 Å². The summed E-state index contributed by atoms with van der Waals surface area (Å²) in [6.07, 6.45) is 4.39. The molecule has 2 heterocycles. The lowest BCUT2D eigenvalue weighted by Crippen LogP contribution is -2.34. The Hall–Kier alpha value is -2.28. The summed E-state index contributed by atoms with van der Waals surface area (Å²) in [5.74, 6) is -0.0525. The summed E-state index contributed by atoms with van der Waals surface area (Å²) < 4.78 is 18.4. The topological polar surface area (TPSA) is 85.2 Å². The van der Waals surface area contributed by atoms with Crippen molar-refractivity contribution < 1.29 is 13.7 Å². The quantitative estimate of drug-likeness (QED) is 0.934. The Balaban J connectivity index is 1.54. The lowest BCUT2D eigenvalue weighted by molar-refractivity contribution is -0.118. The summed E-state index contributed by atoms with van der Waals surface area (Å²) in [7, 11) is 0. The Morgan fingerprint density at radius 3 is 2.67 bits per heavy atom. The van der Waals surface area contributed by atoms with Gasteiger partial charge in [0.2, 0.25) is 11.8 Å². The molecule has 1 amide bonds. The first-order valence-electron chi connectivity index (χ1n) is 8.27. The van der Waals surface area contributed by atoms with Crippen molar-refractivity contribution in [2.24, 2.45) is 5.73 Å². The summed E-state index contributed by atoms with van der Waals surface area (Å²) >= 11 is 0. The second-order valence-corrected chi connectivity index (χ2v) is 6.63. The molecule has 6 nitrogen and oxygen atoms in total. The molecule has 2 aliphatic rings. The Bertz CT molecular complexity index is 752. The summed E-state index contributed by atoms with van der Waals surface area (Å²) in [6.45, 7) is 0.542. The molecular weight excluding hydrogens is 311 g/mol. The van der Waals surface area contributed by atoms with Gasteiger partial charge in [-0.2, -0.15) is 4.98 Å². The molecule has 1 aromatic heterocycles. The molecule has 0 spiro atoms. The maximum absolute atomic E-state index is 13.1. The number of hydrogen-bond acceptors (Lipinski definition) is 5. The Morgan fingerprint density at radius 2 is 1.96 bits per heavy atom. The van der Waals surface area contributed by atoms with Gasteiger partial charge in [0.15, 0.2) is 5.82 Å². The molecule has 24 heavy (non-hydrogen) atoms. The van der Waals surface area contributed by atoms with Crippen LogP contribution >= 0.6 is 0 Å². The highest BCUT2D eigenvalue weighted by Crippen LogP contribution is 2.36. The minimum Gasteiger partial charge on any atom is -0.338 e. The minimum absolute atomic E-state index is 0.102. The Morgan fingerprint density at radius 1 is 1.25 bits per heavy atom. The van der Waals surface area contributed by atoms with Crippen LogP contribution in [0.5, 0.6) is 0 Å². The van der Waals surface area contributed by atoms with Gasteiger partial charge in [0.05, 0.1) is 5.54 Å². The number of anilines is 1. The van der Waals surface area contributed by atoms with E-state index in [1.165, 1.54) is 12.1 Å². The first kappa shape index (κ1) is 15.3. The maximum Gasteiger partial charge on any atom is 0.239 e. The van der Waals surface area contributed by atoms with E-state index in [1.807, 2.05) is 0 Å². The molecule has 2 N–H and O–H groups in total. The van der Waals surface area contributed by atoms with E-state index >= 15 is 0 Å². The third kappa shape index (κ3) is 2.49. The van der Waals surface area contributed by atoms with Gasteiger partial charge in [0.1, 0.15) is 11.7 Å². The number of aromatic nitrogens is 2. The van der Waals surface area contributed by atoms with E-state index in [0.717, 1.165) is 25.7 Å². The van der Waals surface area contributed by atoms with E-state index in [2.05, 4.69) is 10.1 Å². The molecule has 1 aromatic carbocycles. The third-order valence-corrected chi connectivity index (χ3v) is 5.02. The lowest BCUT2D eigenvalue weighted by atomic mass is 9.98. The van der Waals surface area contributed by atoms with Gasteiger partial charge in [-0.05, 0) is 43.5 Å². The third-order valence-electron chi connectivity index (χ3n) is 5.02. The van der Waals surface area contributed by atoms with Gasteiger partial charge >= 0.3 is 0 Å². The fourth-order valence-corrected chi connectivity index (χ4v) is 3.59. The molecule has 1 unspecified atom stereocenters. The van der Waals surface area contributed by atoms with Crippen LogP contribution < -0.4 is 10.6 Å². The molecule has 1 atom stereocenters. The van der Waals surface area contributed by atoms with Crippen LogP contribution in [0.2, 0.25) is 0 Å². The largest absolute Gasteiger partial charge is 0.338 e. The standard InChI is InChI=1S/C17H19FN4O2/c18-11-3-5-12(6-4-11)22-10-7-13(15(22)23)14-20-16(21-24-14)17(19)8-1-2-9-17/h3-6,13H,1-2,7-10,19H2. The van der Waals surface area contributed by atoms with Gasteiger partial charge < -0.3 is 15.2 Å². The summed E-state index contributed by atoms with van der Waals surface area (Å²) in [6, 6.07) is 5.89. The molecule has 1 aliphatic heterocycles. The van der Waals surface area contributed by atoms with E-state index in [0.29, 0.717) is 30.4 Å². The van der Waals surface area contributed by atoms with Crippen LogP contribution in [0.3, 0.4) is 0 Å². The molecule has 2 aromatic rings. The predicted molar refractivity (Wildman–Crippen MR) is 84.7 cm³/mol. The molecule has 1 saturated carbocycles. The Kier molecular flexibility index (Phi) is 3.60. The van der Waals surface area contributed by atoms with Crippen molar-refractivity contribution in [3.05, 3.63) is 41.8 Å². The molecule has 0 radical (unpaired) electrons. The second kappa shape index (κ2) is 5.66. The predicted octanol–water partition coefficient (Wildman–Crippen LogP) is 2.46. The van der Waals surface area contributed by atoms with Crippen molar-refractivity contribution in [1.82, 2.24) is 10.1 Å². The summed E-state index contributed by atoms with van der Waals surface area (Å²) in [4.78, 5) is 18.7. The number of nitrogens with two attached hydrogens (primary N) is 1. The molecule has 2 fully saturated rings. The highest BCUT2D eigenvalue weighted by molar-refractivity contribution is 5.99. The zero-order valence-corrected chi connectivity index (χ0v) is 13.2. The molecule has 126 valence electrons. The van der Waals surface area contributed by atoms with E-state index < -0.39 is 11.5 Å². The van der Waals surface area contributed by atoms with Crippen molar-refractivity contribution in [3.8, 4) is 0 Å². The first-order valence-corrected chi connectivity index (χ1v) is 8.27. The fraction of sp³-hybridized carbons (Fsp3) is 0.471. The van der Waals surface area contributed by atoms with Gasteiger partial charge in [0.25, 0.3) is 0 Å². The number of nitrogens with zero attached hydrogens (tertiary/aromatic N) is 3. The van der Waals surface area contributed by atoms with Crippen LogP contribution in [-0.2, 0) is 10.3 Å². The molecule has 1 saturated heterocycles. The van der Waals surface area contributed by atoms with Crippen molar-refractivity contribution >= 4 is 11.6 Å². The lowest BCUT2D eigenvalue weighted by Gasteiger charge is -2.18. The van der Waals surface area contributed by atoms with Crippen LogP contribution in [0.4, 0.5) is 10.1 Å². The number of hydrogen-bond donors (Lipinski definition) is 1. The molecule has 7 heteroatoms.